The van der Waals surface area contributed by atoms with Crippen molar-refractivity contribution in [2.24, 2.45) is 34.0 Å². The van der Waals surface area contributed by atoms with Crippen molar-refractivity contribution in [2.75, 3.05) is 58.9 Å². The highest BCUT2D eigenvalue weighted by molar-refractivity contribution is 5.78. The normalized spacial score (nSPS) is 23.2. The largest absolute Gasteiger partial charge is 0.586 e. The molecule has 3 saturated carbocycles. The summed E-state index contributed by atoms with van der Waals surface area (Å²) in [6, 6.07) is 44.1. The van der Waals surface area contributed by atoms with Gasteiger partial charge in [-0.15, -0.1) is 26.3 Å². The summed E-state index contributed by atoms with van der Waals surface area (Å²) in [6.45, 7) is 25.3. The van der Waals surface area contributed by atoms with E-state index in [4.69, 9.17) is 28.4 Å². The van der Waals surface area contributed by atoms with Crippen molar-refractivity contribution in [1.82, 2.24) is 29.4 Å². The molecular weight excluding hydrogens is 1420 g/mol. The molecule has 0 radical (unpaired) electrons. The van der Waals surface area contributed by atoms with E-state index in [9.17, 15) is 40.7 Å². The molecule has 6 aromatic carbocycles. The molecule has 0 N–H and O–H groups in total. The minimum absolute atomic E-state index is 0.000997. The molecule has 6 fully saturated rings. The number of nitrogens with zero attached hydrogens (tertiary/aromatic N) is 6. The van der Waals surface area contributed by atoms with Gasteiger partial charge in [0.1, 0.15) is 0 Å². The molecule has 15 rings (SSSR count). The van der Waals surface area contributed by atoms with Gasteiger partial charge < -0.3 is 43.1 Å². The van der Waals surface area contributed by atoms with Gasteiger partial charge in [-0.25, -0.2) is 0 Å². The van der Waals surface area contributed by atoms with E-state index in [1.807, 2.05) is 109 Å². The zero-order valence-corrected chi connectivity index (χ0v) is 66.3. The number of hydrogen-bond donors (Lipinski definition) is 0. The molecule has 3 aliphatic carbocycles. The Morgan fingerprint density at radius 3 is 0.811 bits per heavy atom. The molecule has 9 aliphatic rings. The van der Waals surface area contributed by atoms with Crippen LogP contribution in [-0.2, 0) is 14.4 Å². The Balaban J connectivity index is 0.000000146. The van der Waals surface area contributed by atoms with Crippen LogP contribution in [0.2, 0.25) is 0 Å². The van der Waals surface area contributed by atoms with Crippen LogP contribution in [-0.4, -0.2) is 143 Å². The predicted molar refractivity (Wildman–Crippen MR) is 416 cm³/mol. The second kappa shape index (κ2) is 34.0. The van der Waals surface area contributed by atoms with E-state index in [-0.39, 0.29) is 105 Å². The fraction of sp³-hybridized carbons (Fsp3) is 0.567. The number of piperazine rings is 3. The quantitative estimate of drug-likeness (QED) is 0.0909. The third-order valence-electron chi connectivity index (χ3n) is 24.5. The van der Waals surface area contributed by atoms with Crippen LogP contribution in [0.1, 0.15) is 229 Å². The van der Waals surface area contributed by atoms with Crippen molar-refractivity contribution >= 4 is 17.7 Å². The van der Waals surface area contributed by atoms with Gasteiger partial charge in [-0.1, -0.05) is 247 Å². The van der Waals surface area contributed by atoms with Gasteiger partial charge in [0.2, 0.25) is 17.7 Å². The van der Waals surface area contributed by atoms with E-state index in [1.165, 1.54) is 76.0 Å². The number of amides is 3. The number of benzene rings is 6. The number of alkyl halides is 6. The molecule has 0 bridgehead atoms. The molecular formula is C90H114F6N6O9. The molecule has 600 valence electrons. The van der Waals surface area contributed by atoms with Crippen LogP contribution in [0.5, 0.6) is 34.5 Å². The van der Waals surface area contributed by atoms with Crippen LogP contribution in [0.15, 0.2) is 146 Å². The summed E-state index contributed by atoms with van der Waals surface area (Å²) in [5, 5.41) is 0. The summed E-state index contributed by atoms with van der Waals surface area (Å²) in [5.74, 6) is 2.64. The van der Waals surface area contributed by atoms with Gasteiger partial charge >= 0.3 is 18.9 Å². The van der Waals surface area contributed by atoms with Crippen LogP contribution in [0.4, 0.5) is 26.3 Å². The van der Waals surface area contributed by atoms with Crippen molar-refractivity contribution in [3.63, 3.8) is 0 Å². The average molecular weight is 1540 g/mol. The van der Waals surface area contributed by atoms with Crippen LogP contribution in [0.3, 0.4) is 0 Å². The summed E-state index contributed by atoms with van der Waals surface area (Å²) in [7, 11) is 0. The Kier molecular flexibility index (Phi) is 24.8. The van der Waals surface area contributed by atoms with Gasteiger partial charge in [-0.05, 0) is 107 Å². The highest BCUT2D eigenvalue weighted by atomic mass is 19.3. The summed E-state index contributed by atoms with van der Waals surface area (Å²) in [4.78, 5) is 53.9. The van der Waals surface area contributed by atoms with E-state index in [2.05, 4.69) is 91.7 Å². The second-order valence-corrected chi connectivity index (χ2v) is 35.5. The molecule has 6 aromatic rings. The number of carbonyl (C=O) groups is 3. The highest BCUT2D eigenvalue weighted by Crippen LogP contribution is 2.53. The number of carbonyl (C=O) groups excluding carboxylic acids is 3. The van der Waals surface area contributed by atoms with Crippen LogP contribution >= 0.6 is 0 Å². The molecule has 3 unspecified atom stereocenters. The molecule has 21 heteroatoms. The van der Waals surface area contributed by atoms with Gasteiger partial charge in [0.05, 0.1) is 18.1 Å². The van der Waals surface area contributed by atoms with Crippen molar-refractivity contribution in [2.45, 2.75) is 233 Å². The van der Waals surface area contributed by atoms with Crippen molar-refractivity contribution in [3.05, 3.63) is 179 Å². The summed E-state index contributed by atoms with van der Waals surface area (Å²) < 4.78 is 114. The predicted octanol–water partition coefficient (Wildman–Crippen LogP) is 19.9. The van der Waals surface area contributed by atoms with Crippen LogP contribution in [0.25, 0.3) is 0 Å². The standard InChI is InChI=1S/3C30H38F2N2O3/c3*1-29(2,3)25-20-33(17-18-34(25)26(35)19-21-11-6-4-7-12-21)27(22-13-8-5-9-14-22)23-15-10-16-24-28(23)37-30(31,32)36-24/h3*5,8-10,13-16,21,25,27H,4,6-7,11-12,17-20H2,1-3H3/t3*25-,27?/m111/s1. The molecule has 3 saturated heterocycles. The second-order valence-electron chi connectivity index (χ2n) is 35.5. The zero-order valence-electron chi connectivity index (χ0n) is 66.3. The Morgan fingerprint density at radius 2 is 0.577 bits per heavy atom. The first-order valence-electron chi connectivity index (χ1n) is 40.8. The fourth-order valence-electron chi connectivity index (χ4n) is 18.8. The molecule has 6 heterocycles. The maximum atomic E-state index is 14.1. The third kappa shape index (κ3) is 19.4. The first kappa shape index (κ1) is 81.0. The molecule has 0 aromatic heterocycles. The monoisotopic (exact) mass is 1540 g/mol. The average Bonchev–Trinajstić information content (AvgIpc) is 1.72. The Hall–Kier alpha value is -8.01. The van der Waals surface area contributed by atoms with Gasteiger partial charge in [0.15, 0.2) is 34.5 Å². The highest BCUT2D eigenvalue weighted by Gasteiger charge is 2.52. The molecule has 15 nitrogen and oxygen atoms in total. The third-order valence-corrected chi connectivity index (χ3v) is 24.5. The van der Waals surface area contributed by atoms with Gasteiger partial charge in [0, 0.05) is 113 Å². The Bertz CT molecular complexity index is 3700. The number of fused-ring (bicyclic) bond motifs is 3. The van der Waals surface area contributed by atoms with E-state index in [1.54, 1.807) is 18.2 Å². The lowest BCUT2D eigenvalue weighted by molar-refractivity contribution is -0.287. The Labute approximate surface area is 652 Å². The van der Waals surface area contributed by atoms with Gasteiger partial charge in [-0.2, -0.15) is 0 Å². The number of halogens is 6. The topological polar surface area (TPSA) is 126 Å². The lowest BCUT2D eigenvalue weighted by atomic mass is 9.82. The number of hydrogen-bond acceptors (Lipinski definition) is 12. The smallest absolute Gasteiger partial charge is 0.395 e. The molecule has 3 amide bonds. The van der Waals surface area contributed by atoms with Gasteiger partial charge in [0.25, 0.3) is 0 Å². The molecule has 6 atom stereocenters. The van der Waals surface area contributed by atoms with Crippen molar-refractivity contribution in [1.29, 1.82) is 0 Å². The first-order valence-corrected chi connectivity index (χ1v) is 40.8. The van der Waals surface area contributed by atoms with E-state index >= 15 is 0 Å². The molecule has 0 spiro atoms. The number of ether oxygens (including phenoxy) is 6. The van der Waals surface area contributed by atoms with Crippen LogP contribution in [0, 0.1) is 34.0 Å². The van der Waals surface area contributed by atoms with Gasteiger partial charge in [-0.3, -0.25) is 29.1 Å². The minimum atomic E-state index is -3.68. The number of rotatable bonds is 15. The minimum Gasteiger partial charge on any atom is -0.395 e. The molecule has 6 aliphatic heterocycles. The van der Waals surface area contributed by atoms with Crippen molar-refractivity contribution < 1.29 is 69.1 Å². The SMILES string of the molecule is CC(C)(C)[C@H]1CN(C(c2ccccc2)c2cccc3c2OC(F)(F)O3)CCN1C(=O)CC1CCCCC1.CC(C)(C)[C@H]1CN(C(c2ccccc2)c2cccc3c2OC(F)(F)O3)CCN1C(=O)CC1CCCCC1.CC(C)(C)[C@H]1CN(C(c2ccccc2)c2cccc3c2OC(F)(F)O3)CCN1C(=O)CC1CCCCC1. The van der Waals surface area contributed by atoms with E-state index in [0.717, 1.165) is 55.2 Å². The van der Waals surface area contributed by atoms with E-state index in [0.29, 0.717) is 113 Å². The summed E-state index contributed by atoms with van der Waals surface area (Å²) in [5.41, 5.74) is 4.48. The first-order chi connectivity index (χ1) is 52.9. The maximum absolute atomic E-state index is 14.1. The number of para-hydroxylation sites is 3. The molecule has 111 heavy (non-hydrogen) atoms. The van der Waals surface area contributed by atoms with Crippen molar-refractivity contribution in [3.8, 4) is 34.5 Å². The Morgan fingerprint density at radius 1 is 0.333 bits per heavy atom. The lowest BCUT2D eigenvalue weighted by Gasteiger charge is -2.49. The van der Waals surface area contributed by atoms with E-state index < -0.39 is 18.9 Å². The van der Waals surface area contributed by atoms with Crippen LogP contribution < -0.4 is 28.4 Å². The summed E-state index contributed by atoms with van der Waals surface area (Å²) in [6.07, 6.45) is 8.87. The maximum Gasteiger partial charge on any atom is 0.586 e. The zero-order chi connectivity index (χ0) is 78.6. The summed E-state index contributed by atoms with van der Waals surface area (Å²) >= 11 is 0. The fourth-order valence-corrected chi connectivity index (χ4v) is 18.8. The lowest BCUT2D eigenvalue weighted by Crippen LogP contribution is -2.60.